The Morgan fingerprint density at radius 3 is 2.77 bits per heavy atom. The van der Waals surface area contributed by atoms with Gasteiger partial charge < -0.3 is 4.90 Å². The van der Waals surface area contributed by atoms with Gasteiger partial charge in [0.15, 0.2) is 0 Å². The third-order valence-electron chi connectivity index (χ3n) is 4.74. The molecule has 2 amide bonds. The maximum atomic E-state index is 13.9. The van der Waals surface area contributed by atoms with E-state index < -0.39 is 0 Å². The quantitative estimate of drug-likeness (QED) is 0.774. The molecule has 1 aliphatic heterocycles. The van der Waals surface area contributed by atoms with E-state index in [4.69, 9.17) is 0 Å². The van der Waals surface area contributed by atoms with Crippen LogP contribution in [0.5, 0.6) is 0 Å². The number of anilines is 1. The van der Waals surface area contributed by atoms with Crippen molar-refractivity contribution < 1.29 is 9.18 Å². The van der Waals surface area contributed by atoms with Crippen LogP contribution >= 0.6 is 0 Å². The van der Waals surface area contributed by atoms with Crippen LogP contribution in [-0.2, 0) is 6.54 Å². The summed E-state index contributed by atoms with van der Waals surface area (Å²) in [6.07, 6.45) is 3.62. The summed E-state index contributed by atoms with van der Waals surface area (Å²) in [5.41, 5.74) is 4.56. The molecule has 0 saturated carbocycles. The number of halogens is 1. The number of amides is 2. The molecule has 1 aliphatic rings. The van der Waals surface area contributed by atoms with Crippen molar-refractivity contribution in [3.63, 3.8) is 0 Å². The van der Waals surface area contributed by atoms with Gasteiger partial charge in [0.2, 0.25) is 0 Å². The van der Waals surface area contributed by atoms with Gasteiger partial charge in [-0.3, -0.25) is 10.00 Å². The Morgan fingerprint density at radius 2 is 2.04 bits per heavy atom. The lowest BCUT2D eigenvalue weighted by Gasteiger charge is -2.20. The molecule has 0 spiro atoms. The molecule has 26 heavy (non-hydrogen) atoms. The molecule has 132 valence electrons. The van der Waals surface area contributed by atoms with Gasteiger partial charge in [-0.15, -0.1) is 0 Å². The molecule has 3 aromatic rings. The molecule has 2 heterocycles. The minimum absolute atomic E-state index is 0.0938. The van der Waals surface area contributed by atoms with E-state index in [9.17, 15) is 9.18 Å². The topological polar surface area (TPSA) is 52.2 Å². The summed E-state index contributed by atoms with van der Waals surface area (Å²) >= 11 is 0. The van der Waals surface area contributed by atoms with Crippen LogP contribution in [0.15, 0.2) is 54.9 Å². The second kappa shape index (κ2) is 6.63. The first kappa shape index (κ1) is 16.3. The van der Waals surface area contributed by atoms with Gasteiger partial charge in [0.1, 0.15) is 5.82 Å². The molecule has 0 unspecified atom stereocenters. The van der Waals surface area contributed by atoms with E-state index >= 15 is 0 Å². The number of aromatic amines is 1. The van der Waals surface area contributed by atoms with Crippen LogP contribution in [0.25, 0.3) is 11.1 Å². The van der Waals surface area contributed by atoms with E-state index in [0.29, 0.717) is 18.7 Å². The van der Waals surface area contributed by atoms with E-state index in [1.165, 1.54) is 6.07 Å². The fourth-order valence-corrected chi connectivity index (χ4v) is 3.34. The third-order valence-corrected chi connectivity index (χ3v) is 4.74. The third kappa shape index (κ3) is 2.94. The van der Waals surface area contributed by atoms with Crippen LogP contribution in [0.4, 0.5) is 14.9 Å². The second-order valence-corrected chi connectivity index (χ2v) is 6.43. The monoisotopic (exact) mass is 350 g/mol. The van der Waals surface area contributed by atoms with E-state index in [2.05, 4.69) is 10.2 Å². The van der Waals surface area contributed by atoms with Gasteiger partial charge in [-0.1, -0.05) is 24.3 Å². The minimum Gasteiger partial charge on any atom is -0.318 e. The van der Waals surface area contributed by atoms with Crippen molar-refractivity contribution in [2.24, 2.45) is 0 Å². The highest BCUT2D eigenvalue weighted by Gasteiger charge is 2.30. The lowest BCUT2D eigenvalue weighted by atomic mass is 10.0. The van der Waals surface area contributed by atoms with E-state index in [-0.39, 0.29) is 18.4 Å². The highest BCUT2D eigenvalue weighted by molar-refractivity contribution is 5.94. The summed E-state index contributed by atoms with van der Waals surface area (Å²) in [5, 5.41) is 6.80. The van der Waals surface area contributed by atoms with Gasteiger partial charge in [-0.05, 0) is 36.2 Å². The van der Waals surface area contributed by atoms with Crippen molar-refractivity contribution in [2.75, 3.05) is 18.0 Å². The fraction of sp³-hybridized carbons (Fsp3) is 0.200. The molecule has 1 saturated heterocycles. The van der Waals surface area contributed by atoms with E-state index in [0.717, 1.165) is 22.4 Å². The van der Waals surface area contributed by atoms with Crippen molar-refractivity contribution in [3.05, 3.63) is 71.8 Å². The van der Waals surface area contributed by atoms with Gasteiger partial charge in [0.25, 0.3) is 0 Å². The SMILES string of the molecule is Cc1cc(N2CCN(Cc3ccccc3F)C2=O)ccc1-c1cn[nH]c1. The molecular formula is C20H19FN4O. The summed E-state index contributed by atoms with van der Waals surface area (Å²) in [5.74, 6) is -0.279. The number of carbonyl (C=O) groups excluding carboxylic acids is 1. The molecule has 0 radical (unpaired) electrons. The van der Waals surface area contributed by atoms with Gasteiger partial charge in [0.05, 0.1) is 12.7 Å². The number of hydrogen-bond acceptors (Lipinski definition) is 2. The number of rotatable bonds is 4. The molecule has 6 heteroatoms. The van der Waals surface area contributed by atoms with Crippen LogP contribution in [0.2, 0.25) is 0 Å². The lowest BCUT2D eigenvalue weighted by molar-refractivity contribution is 0.218. The predicted octanol–water partition coefficient (Wildman–Crippen LogP) is 3.97. The average Bonchev–Trinajstić information content (AvgIpc) is 3.28. The summed E-state index contributed by atoms with van der Waals surface area (Å²) in [7, 11) is 0. The maximum absolute atomic E-state index is 13.9. The summed E-state index contributed by atoms with van der Waals surface area (Å²) < 4.78 is 13.9. The minimum atomic E-state index is -0.279. The van der Waals surface area contributed by atoms with Gasteiger partial charge in [-0.25, -0.2) is 9.18 Å². The molecule has 0 bridgehead atoms. The zero-order valence-corrected chi connectivity index (χ0v) is 14.4. The van der Waals surface area contributed by atoms with Gasteiger partial charge in [0, 0.05) is 36.1 Å². The number of carbonyl (C=O) groups is 1. The fourth-order valence-electron chi connectivity index (χ4n) is 3.34. The largest absolute Gasteiger partial charge is 0.324 e. The molecule has 1 N–H and O–H groups in total. The number of H-pyrrole nitrogens is 1. The van der Waals surface area contributed by atoms with E-state index in [1.807, 2.05) is 31.3 Å². The molecular weight excluding hydrogens is 331 g/mol. The van der Waals surface area contributed by atoms with Crippen molar-refractivity contribution in [1.29, 1.82) is 0 Å². The van der Waals surface area contributed by atoms with E-state index in [1.54, 1.807) is 34.2 Å². The Balaban J connectivity index is 1.53. The lowest BCUT2D eigenvalue weighted by Crippen LogP contribution is -2.31. The first-order chi connectivity index (χ1) is 12.6. The summed E-state index contributed by atoms with van der Waals surface area (Å²) in [6.45, 7) is 3.48. The number of aryl methyl sites for hydroxylation is 1. The van der Waals surface area contributed by atoms with Crippen molar-refractivity contribution in [3.8, 4) is 11.1 Å². The Bertz CT molecular complexity index is 939. The Labute approximate surface area is 151 Å². The van der Waals surface area contributed by atoms with Gasteiger partial charge >= 0.3 is 6.03 Å². The standard InChI is InChI=1S/C20H19FN4O/c1-14-10-17(6-7-18(14)16-11-22-23-12-16)25-9-8-24(20(25)26)13-15-4-2-3-5-19(15)21/h2-7,10-12H,8-9,13H2,1H3,(H,22,23). The first-order valence-electron chi connectivity index (χ1n) is 8.53. The molecule has 4 rings (SSSR count). The predicted molar refractivity (Wildman–Crippen MR) is 98.3 cm³/mol. The molecule has 0 aliphatic carbocycles. The number of nitrogens with zero attached hydrogens (tertiary/aromatic N) is 3. The Kier molecular flexibility index (Phi) is 4.16. The Morgan fingerprint density at radius 1 is 1.19 bits per heavy atom. The number of nitrogens with one attached hydrogen (secondary N) is 1. The van der Waals surface area contributed by atoms with Crippen molar-refractivity contribution in [2.45, 2.75) is 13.5 Å². The van der Waals surface area contributed by atoms with Crippen LogP contribution < -0.4 is 4.90 Å². The van der Waals surface area contributed by atoms with Crippen LogP contribution in [0.1, 0.15) is 11.1 Å². The van der Waals surface area contributed by atoms with Crippen LogP contribution in [0.3, 0.4) is 0 Å². The normalized spacial score (nSPS) is 14.3. The highest BCUT2D eigenvalue weighted by atomic mass is 19.1. The number of aromatic nitrogens is 2. The molecule has 1 aromatic heterocycles. The maximum Gasteiger partial charge on any atom is 0.324 e. The molecule has 5 nitrogen and oxygen atoms in total. The second-order valence-electron chi connectivity index (χ2n) is 6.43. The summed E-state index contributed by atoms with van der Waals surface area (Å²) in [6, 6.07) is 12.4. The van der Waals surface area contributed by atoms with Crippen LogP contribution in [-0.4, -0.2) is 34.2 Å². The highest BCUT2D eigenvalue weighted by Crippen LogP contribution is 2.29. The van der Waals surface area contributed by atoms with Crippen molar-refractivity contribution >= 4 is 11.7 Å². The number of urea groups is 1. The smallest absolute Gasteiger partial charge is 0.318 e. The van der Waals surface area contributed by atoms with Gasteiger partial charge in [-0.2, -0.15) is 5.10 Å². The average molecular weight is 350 g/mol. The first-order valence-corrected chi connectivity index (χ1v) is 8.53. The summed E-state index contributed by atoms with van der Waals surface area (Å²) in [4.78, 5) is 16.2. The zero-order valence-electron chi connectivity index (χ0n) is 14.4. The zero-order chi connectivity index (χ0) is 18.1. The number of hydrogen-bond donors (Lipinski definition) is 1. The molecule has 1 fully saturated rings. The molecule has 0 atom stereocenters. The van der Waals surface area contributed by atoms with Crippen LogP contribution in [0, 0.1) is 12.7 Å². The molecule has 2 aromatic carbocycles. The number of benzene rings is 2. The van der Waals surface area contributed by atoms with Crippen molar-refractivity contribution in [1.82, 2.24) is 15.1 Å². The Hall–Kier alpha value is -3.15.